The zero-order chi connectivity index (χ0) is 11.1. The van der Waals surface area contributed by atoms with Crippen LogP contribution in [0.3, 0.4) is 0 Å². The predicted molar refractivity (Wildman–Crippen MR) is 61.4 cm³/mol. The minimum Gasteiger partial charge on any atom is -0.508 e. The standard InChI is InChI=1S/C13H15NO/c1-2-3-5-12-10-13(15)8-7-11(12)6-4-9-14/h4,6-8,10,15H,2-3,5H2,1H3. The van der Waals surface area contributed by atoms with Crippen molar-refractivity contribution in [2.45, 2.75) is 26.2 Å². The lowest BCUT2D eigenvalue weighted by Crippen LogP contribution is -1.89. The predicted octanol–water partition coefficient (Wildman–Crippen LogP) is 3.27. The van der Waals surface area contributed by atoms with Crippen LogP contribution in [0.4, 0.5) is 0 Å². The maximum atomic E-state index is 9.37. The van der Waals surface area contributed by atoms with Crippen molar-refractivity contribution in [3.8, 4) is 11.8 Å². The van der Waals surface area contributed by atoms with Gasteiger partial charge in [-0.25, -0.2) is 0 Å². The number of unbranched alkanes of at least 4 members (excludes halogenated alkanes) is 1. The van der Waals surface area contributed by atoms with Crippen LogP contribution >= 0.6 is 0 Å². The van der Waals surface area contributed by atoms with Crippen LogP contribution in [0, 0.1) is 11.3 Å². The van der Waals surface area contributed by atoms with Crippen LogP contribution in [-0.4, -0.2) is 5.11 Å². The molecule has 2 heteroatoms. The molecule has 0 aliphatic carbocycles. The van der Waals surface area contributed by atoms with E-state index in [1.54, 1.807) is 18.2 Å². The second-order valence-corrected chi connectivity index (χ2v) is 3.45. The number of phenols is 1. The van der Waals surface area contributed by atoms with E-state index in [0.29, 0.717) is 0 Å². The highest BCUT2D eigenvalue weighted by Gasteiger charge is 2.00. The molecule has 15 heavy (non-hydrogen) atoms. The summed E-state index contributed by atoms with van der Waals surface area (Å²) in [7, 11) is 0. The summed E-state index contributed by atoms with van der Waals surface area (Å²) in [6, 6.07) is 7.23. The number of benzene rings is 1. The Morgan fingerprint density at radius 2 is 2.27 bits per heavy atom. The Labute approximate surface area is 90.5 Å². The molecule has 0 saturated heterocycles. The fourth-order valence-corrected chi connectivity index (χ4v) is 1.47. The van der Waals surface area contributed by atoms with Crippen molar-refractivity contribution in [2.24, 2.45) is 0 Å². The minimum atomic E-state index is 0.287. The number of nitriles is 1. The molecule has 0 amide bonds. The highest BCUT2D eigenvalue weighted by atomic mass is 16.3. The van der Waals surface area contributed by atoms with E-state index in [2.05, 4.69) is 6.92 Å². The number of nitrogens with zero attached hydrogens (tertiary/aromatic N) is 1. The van der Waals surface area contributed by atoms with Crippen LogP contribution in [0.2, 0.25) is 0 Å². The van der Waals surface area contributed by atoms with E-state index < -0.39 is 0 Å². The normalized spacial score (nSPS) is 10.4. The van der Waals surface area contributed by atoms with Crippen molar-refractivity contribution >= 4 is 6.08 Å². The van der Waals surface area contributed by atoms with Crippen LogP contribution in [0.25, 0.3) is 6.08 Å². The first-order chi connectivity index (χ1) is 7.27. The highest BCUT2D eigenvalue weighted by Crippen LogP contribution is 2.19. The molecular weight excluding hydrogens is 186 g/mol. The van der Waals surface area contributed by atoms with Crippen LogP contribution in [0.1, 0.15) is 30.9 Å². The number of aryl methyl sites for hydroxylation is 1. The third-order valence-corrected chi connectivity index (χ3v) is 2.26. The van der Waals surface area contributed by atoms with E-state index in [0.717, 1.165) is 30.4 Å². The van der Waals surface area contributed by atoms with E-state index in [1.165, 1.54) is 6.08 Å². The van der Waals surface area contributed by atoms with Crippen molar-refractivity contribution in [1.82, 2.24) is 0 Å². The molecule has 0 heterocycles. The molecule has 0 fully saturated rings. The fraction of sp³-hybridized carbons (Fsp3) is 0.308. The molecule has 0 aromatic heterocycles. The van der Waals surface area contributed by atoms with Crippen molar-refractivity contribution in [3.05, 3.63) is 35.4 Å². The number of allylic oxidation sites excluding steroid dienone is 1. The van der Waals surface area contributed by atoms with Gasteiger partial charge in [0.1, 0.15) is 5.75 Å². The Hall–Kier alpha value is -1.75. The number of rotatable bonds is 4. The lowest BCUT2D eigenvalue weighted by atomic mass is 10.0. The zero-order valence-corrected chi connectivity index (χ0v) is 8.90. The summed E-state index contributed by atoms with van der Waals surface area (Å²) in [6.07, 6.45) is 6.40. The van der Waals surface area contributed by atoms with Crippen molar-refractivity contribution in [3.63, 3.8) is 0 Å². The molecule has 0 radical (unpaired) electrons. The Morgan fingerprint density at radius 1 is 1.47 bits per heavy atom. The molecule has 1 N–H and O–H groups in total. The number of aromatic hydroxyl groups is 1. The maximum Gasteiger partial charge on any atom is 0.115 e. The zero-order valence-electron chi connectivity index (χ0n) is 8.90. The first-order valence-electron chi connectivity index (χ1n) is 5.16. The van der Waals surface area contributed by atoms with Gasteiger partial charge in [-0.2, -0.15) is 5.26 Å². The Bertz CT molecular complexity index is 388. The first kappa shape index (κ1) is 11.3. The van der Waals surface area contributed by atoms with Crippen LogP contribution in [0.15, 0.2) is 24.3 Å². The lowest BCUT2D eigenvalue weighted by Gasteiger charge is -2.05. The second-order valence-electron chi connectivity index (χ2n) is 3.45. The van der Waals surface area contributed by atoms with Gasteiger partial charge in [0.15, 0.2) is 0 Å². The molecule has 0 saturated carbocycles. The molecule has 1 aromatic rings. The Morgan fingerprint density at radius 3 is 2.93 bits per heavy atom. The topological polar surface area (TPSA) is 44.0 Å². The Balaban J connectivity index is 2.93. The summed E-state index contributed by atoms with van der Waals surface area (Å²) in [6.45, 7) is 2.13. The summed E-state index contributed by atoms with van der Waals surface area (Å²) >= 11 is 0. The van der Waals surface area contributed by atoms with E-state index in [1.807, 2.05) is 12.1 Å². The highest BCUT2D eigenvalue weighted by molar-refractivity contribution is 5.57. The molecular formula is C13H15NO. The monoisotopic (exact) mass is 201 g/mol. The summed E-state index contributed by atoms with van der Waals surface area (Å²) in [5.41, 5.74) is 2.12. The Kier molecular flexibility index (Phi) is 4.43. The molecule has 2 nitrogen and oxygen atoms in total. The molecule has 78 valence electrons. The van der Waals surface area contributed by atoms with Gasteiger partial charge in [0.25, 0.3) is 0 Å². The van der Waals surface area contributed by atoms with E-state index in [9.17, 15) is 5.11 Å². The fourth-order valence-electron chi connectivity index (χ4n) is 1.47. The summed E-state index contributed by atoms with van der Waals surface area (Å²) in [5, 5.41) is 17.8. The average molecular weight is 201 g/mol. The average Bonchev–Trinajstić information content (AvgIpc) is 2.25. The van der Waals surface area contributed by atoms with Crippen LogP contribution in [-0.2, 0) is 6.42 Å². The smallest absolute Gasteiger partial charge is 0.115 e. The number of phenolic OH excluding ortho intramolecular Hbond substituents is 1. The molecule has 1 aromatic carbocycles. The second kappa shape index (κ2) is 5.87. The van der Waals surface area contributed by atoms with Gasteiger partial charge in [0, 0.05) is 6.08 Å². The van der Waals surface area contributed by atoms with Crippen LogP contribution in [0.5, 0.6) is 5.75 Å². The van der Waals surface area contributed by atoms with Gasteiger partial charge in [-0.15, -0.1) is 0 Å². The third-order valence-electron chi connectivity index (χ3n) is 2.26. The molecule has 1 rings (SSSR count). The number of hydrogen-bond acceptors (Lipinski definition) is 2. The molecule has 0 aliphatic heterocycles. The third kappa shape index (κ3) is 3.47. The van der Waals surface area contributed by atoms with Gasteiger partial charge in [-0.05, 0) is 42.2 Å². The number of hydrogen-bond donors (Lipinski definition) is 1. The quantitative estimate of drug-likeness (QED) is 0.760. The van der Waals surface area contributed by atoms with Crippen molar-refractivity contribution in [2.75, 3.05) is 0 Å². The molecule has 0 aliphatic rings. The molecule has 0 unspecified atom stereocenters. The van der Waals surface area contributed by atoms with Gasteiger partial charge in [0.05, 0.1) is 6.07 Å². The van der Waals surface area contributed by atoms with Gasteiger partial charge in [-0.3, -0.25) is 0 Å². The molecule has 0 bridgehead atoms. The van der Waals surface area contributed by atoms with Crippen molar-refractivity contribution < 1.29 is 5.11 Å². The van der Waals surface area contributed by atoms with Gasteiger partial charge in [0.2, 0.25) is 0 Å². The van der Waals surface area contributed by atoms with Gasteiger partial charge < -0.3 is 5.11 Å². The van der Waals surface area contributed by atoms with Gasteiger partial charge >= 0.3 is 0 Å². The summed E-state index contributed by atoms with van der Waals surface area (Å²) in [5.74, 6) is 0.287. The maximum absolute atomic E-state index is 9.37. The van der Waals surface area contributed by atoms with Crippen molar-refractivity contribution in [1.29, 1.82) is 5.26 Å². The lowest BCUT2D eigenvalue weighted by molar-refractivity contribution is 0.474. The first-order valence-corrected chi connectivity index (χ1v) is 5.16. The minimum absolute atomic E-state index is 0.287. The van der Waals surface area contributed by atoms with E-state index >= 15 is 0 Å². The summed E-state index contributed by atoms with van der Waals surface area (Å²) in [4.78, 5) is 0. The molecule has 0 atom stereocenters. The van der Waals surface area contributed by atoms with Crippen LogP contribution < -0.4 is 0 Å². The summed E-state index contributed by atoms with van der Waals surface area (Å²) < 4.78 is 0. The van der Waals surface area contributed by atoms with Gasteiger partial charge in [-0.1, -0.05) is 19.4 Å². The van der Waals surface area contributed by atoms with E-state index in [4.69, 9.17) is 5.26 Å². The largest absolute Gasteiger partial charge is 0.508 e. The van der Waals surface area contributed by atoms with E-state index in [-0.39, 0.29) is 5.75 Å². The molecule has 0 spiro atoms. The SMILES string of the molecule is CCCCc1cc(O)ccc1C=CC#N.